The zero-order valence-corrected chi connectivity index (χ0v) is 11.5. The second-order valence-corrected chi connectivity index (χ2v) is 5.25. The molecule has 0 saturated carbocycles. The number of likely N-dealkylation sites (N-methyl/N-ethyl adjacent to an activating group) is 2. The first kappa shape index (κ1) is 13.9. The van der Waals surface area contributed by atoms with Crippen LogP contribution in [0.5, 0.6) is 0 Å². The molecule has 3 atom stereocenters. The summed E-state index contributed by atoms with van der Waals surface area (Å²) in [6.45, 7) is 11.9. The topological polar surface area (TPSA) is 24.5 Å². The molecule has 1 N–H and O–H groups in total. The molecule has 3 unspecified atom stereocenters. The zero-order chi connectivity index (χ0) is 12.1. The number of hydrogen-bond acceptors (Lipinski definition) is 3. The van der Waals surface area contributed by atoms with Crippen molar-refractivity contribution in [3.63, 3.8) is 0 Å². The van der Waals surface area contributed by atoms with E-state index in [0.717, 1.165) is 26.2 Å². The molecule has 1 rings (SSSR count). The van der Waals surface area contributed by atoms with Crippen molar-refractivity contribution in [3.8, 4) is 0 Å². The molecule has 3 heteroatoms. The number of nitrogens with one attached hydrogen (secondary N) is 1. The van der Waals surface area contributed by atoms with Crippen LogP contribution in [0.4, 0.5) is 0 Å². The minimum atomic E-state index is 0.520. The van der Waals surface area contributed by atoms with Crippen LogP contribution >= 0.6 is 0 Å². The molecular formula is C13H28N2O. The molecule has 1 aliphatic heterocycles. The number of rotatable bonds is 5. The van der Waals surface area contributed by atoms with Crippen molar-refractivity contribution in [1.29, 1.82) is 0 Å². The largest absolute Gasteiger partial charge is 0.380 e. The van der Waals surface area contributed by atoms with Crippen molar-refractivity contribution in [3.05, 3.63) is 0 Å². The van der Waals surface area contributed by atoms with E-state index in [4.69, 9.17) is 4.74 Å². The Balaban J connectivity index is 2.59. The Morgan fingerprint density at radius 1 is 1.38 bits per heavy atom. The van der Waals surface area contributed by atoms with E-state index in [1.807, 2.05) is 0 Å². The Labute approximate surface area is 101 Å². The molecule has 0 radical (unpaired) electrons. The Morgan fingerprint density at radius 2 is 2.06 bits per heavy atom. The van der Waals surface area contributed by atoms with E-state index in [1.54, 1.807) is 0 Å². The van der Waals surface area contributed by atoms with Gasteiger partial charge in [-0.25, -0.2) is 0 Å². The van der Waals surface area contributed by atoms with Gasteiger partial charge in [0, 0.05) is 24.7 Å². The van der Waals surface area contributed by atoms with Gasteiger partial charge in [-0.2, -0.15) is 0 Å². The summed E-state index contributed by atoms with van der Waals surface area (Å²) < 4.78 is 5.63. The third-order valence-electron chi connectivity index (χ3n) is 3.92. The second-order valence-electron chi connectivity index (χ2n) is 5.25. The van der Waals surface area contributed by atoms with Gasteiger partial charge in [-0.15, -0.1) is 0 Å². The minimum absolute atomic E-state index is 0.520. The standard InChI is InChI=1S/C13H28N2O/c1-6-14-12-7-8-16-9-13(12)15(5)11(4)10(2)3/h10-14H,6-9H2,1-5H3. The molecule has 1 fully saturated rings. The summed E-state index contributed by atoms with van der Waals surface area (Å²) in [6.07, 6.45) is 1.13. The quantitative estimate of drug-likeness (QED) is 0.775. The number of hydrogen-bond donors (Lipinski definition) is 1. The predicted molar refractivity (Wildman–Crippen MR) is 68.8 cm³/mol. The summed E-state index contributed by atoms with van der Waals surface area (Å²) >= 11 is 0. The van der Waals surface area contributed by atoms with Crippen LogP contribution < -0.4 is 5.32 Å². The monoisotopic (exact) mass is 228 g/mol. The van der Waals surface area contributed by atoms with Crippen molar-refractivity contribution in [2.24, 2.45) is 5.92 Å². The average Bonchev–Trinajstić information content (AvgIpc) is 2.28. The first-order valence-corrected chi connectivity index (χ1v) is 6.61. The van der Waals surface area contributed by atoms with Gasteiger partial charge in [-0.1, -0.05) is 20.8 Å². The van der Waals surface area contributed by atoms with Crippen LogP contribution in [-0.4, -0.2) is 49.8 Å². The van der Waals surface area contributed by atoms with E-state index < -0.39 is 0 Å². The summed E-state index contributed by atoms with van der Waals surface area (Å²) in [4.78, 5) is 2.48. The number of nitrogens with zero attached hydrogens (tertiary/aromatic N) is 1. The molecule has 16 heavy (non-hydrogen) atoms. The molecule has 0 aromatic rings. The first-order valence-electron chi connectivity index (χ1n) is 6.61. The van der Waals surface area contributed by atoms with Crippen LogP contribution in [0, 0.1) is 5.92 Å². The van der Waals surface area contributed by atoms with E-state index in [2.05, 4.69) is 45.0 Å². The third-order valence-corrected chi connectivity index (χ3v) is 3.92. The average molecular weight is 228 g/mol. The van der Waals surface area contributed by atoms with Crippen LogP contribution in [-0.2, 0) is 4.74 Å². The minimum Gasteiger partial charge on any atom is -0.380 e. The van der Waals surface area contributed by atoms with Crippen molar-refractivity contribution >= 4 is 0 Å². The van der Waals surface area contributed by atoms with E-state index in [-0.39, 0.29) is 0 Å². The highest BCUT2D eigenvalue weighted by atomic mass is 16.5. The molecule has 0 aromatic carbocycles. The molecule has 1 heterocycles. The lowest BCUT2D eigenvalue weighted by Gasteiger charge is -2.42. The molecular weight excluding hydrogens is 200 g/mol. The van der Waals surface area contributed by atoms with Gasteiger partial charge in [-0.05, 0) is 32.9 Å². The first-order chi connectivity index (χ1) is 7.57. The molecule has 0 amide bonds. The molecule has 1 aliphatic rings. The van der Waals surface area contributed by atoms with Crippen LogP contribution in [0.1, 0.15) is 34.1 Å². The lowest BCUT2D eigenvalue weighted by molar-refractivity contribution is -0.0121. The van der Waals surface area contributed by atoms with Gasteiger partial charge in [0.25, 0.3) is 0 Å². The lowest BCUT2D eigenvalue weighted by Crippen LogP contribution is -2.57. The molecule has 1 saturated heterocycles. The summed E-state index contributed by atoms with van der Waals surface area (Å²) in [5.41, 5.74) is 0. The fourth-order valence-electron chi connectivity index (χ4n) is 2.40. The van der Waals surface area contributed by atoms with Crippen molar-refractivity contribution < 1.29 is 4.74 Å². The predicted octanol–water partition coefficient (Wildman–Crippen LogP) is 1.73. The van der Waals surface area contributed by atoms with Crippen LogP contribution in [0.15, 0.2) is 0 Å². The van der Waals surface area contributed by atoms with Gasteiger partial charge in [0.15, 0.2) is 0 Å². The Morgan fingerprint density at radius 3 is 2.62 bits per heavy atom. The molecule has 96 valence electrons. The SMILES string of the molecule is CCNC1CCOCC1N(C)C(C)C(C)C. The zero-order valence-electron chi connectivity index (χ0n) is 11.5. The molecule has 0 aromatic heterocycles. The van der Waals surface area contributed by atoms with Crippen LogP contribution in [0.2, 0.25) is 0 Å². The highest BCUT2D eigenvalue weighted by Crippen LogP contribution is 2.18. The molecule has 3 nitrogen and oxygen atoms in total. The number of ether oxygens (including phenoxy) is 1. The van der Waals surface area contributed by atoms with Crippen molar-refractivity contribution in [2.75, 3.05) is 26.8 Å². The Hall–Kier alpha value is -0.120. The highest BCUT2D eigenvalue weighted by molar-refractivity contribution is 4.88. The maximum atomic E-state index is 5.63. The molecule has 0 spiro atoms. The third kappa shape index (κ3) is 3.44. The summed E-state index contributed by atoms with van der Waals surface area (Å²) in [5, 5.41) is 3.59. The van der Waals surface area contributed by atoms with Gasteiger partial charge in [-0.3, -0.25) is 4.90 Å². The summed E-state index contributed by atoms with van der Waals surface area (Å²) in [6, 6.07) is 1.71. The normalized spacial score (nSPS) is 28.7. The Kier molecular flexibility index (Phi) is 5.73. The fourth-order valence-corrected chi connectivity index (χ4v) is 2.40. The maximum absolute atomic E-state index is 5.63. The van der Waals surface area contributed by atoms with Gasteiger partial charge < -0.3 is 10.1 Å². The van der Waals surface area contributed by atoms with Crippen molar-refractivity contribution in [1.82, 2.24) is 10.2 Å². The second kappa shape index (κ2) is 6.58. The van der Waals surface area contributed by atoms with E-state index in [9.17, 15) is 0 Å². The Bertz CT molecular complexity index is 194. The summed E-state index contributed by atoms with van der Waals surface area (Å²) in [5.74, 6) is 0.689. The molecule has 0 aliphatic carbocycles. The van der Waals surface area contributed by atoms with Gasteiger partial charge in [0.2, 0.25) is 0 Å². The summed E-state index contributed by atoms with van der Waals surface area (Å²) in [7, 11) is 2.23. The van der Waals surface area contributed by atoms with E-state index >= 15 is 0 Å². The van der Waals surface area contributed by atoms with E-state index in [0.29, 0.717) is 24.0 Å². The van der Waals surface area contributed by atoms with Gasteiger partial charge in [0.1, 0.15) is 0 Å². The van der Waals surface area contributed by atoms with Gasteiger partial charge >= 0.3 is 0 Å². The van der Waals surface area contributed by atoms with E-state index in [1.165, 1.54) is 0 Å². The van der Waals surface area contributed by atoms with Crippen molar-refractivity contribution in [2.45, 2.75) is 52.2 Å². The van der Waals surface area contributed by atoms with Crippen LogP contribution in [0.25, 0.3) is 0 Å². The maximum Gasteiger partial charge on any atom is 0.0637 e. The van der Waals surface area contributed by atoms with Crippen LogP contribution in [0.3, 0.4) is 0 Å². The fraction of sp³-hybridized carbons (Fsp3) is 1.00. The lowest BCUT2D eigenvalue weighted by atomic mass is 9.97. The smallest absolute Gasteiger partial charge is 0.0637 e. The van der Waals surface area contributed by atoms with Gasteiger partial charge in [0.05, 0.1) is 6.61 Å². The highest BCUT2D eigenvalue weighted by Gasteiger charge is 2.31. The molecule has 0 bridgehead atoms.